The van der Waals surface area contributed by atoms with Gasteiger partial charge in [0, 0.05) is 6.54 Å². The van der Waals surface area contributed by atoms with Gasteiger partial charge in [-0.3, -0.25) is 0 Å². The van der Waals surface area contributed by atoms with Gasteiger partial charge in [0.25, 0.3) is 6.43 Å². The van der Waals surface area contributed by atoms with Gasteiger partial charge in [0.15, 0.2) is 0 Å². The van der Waals surface area contributed by atoms with Crippen LogP contribution in [0, 0.1) is 0 Å². The Labute approximate surface area is 76.3 Å². The summed E-state index contributed by atoms with van der Waals surface area (Å²) in [5.74, 6) is -0.0259. The average molecular weight is 217 g/mol. The van der Waals surface area contributed by atoms with Gasteiger partial charge in [0.2, 0.25) is 10.0 Å². The molecular formula is C6H13F2NO3S. The van der Waals surface area contributed by atoms with Crippen LogP contribution in [0.25, 0.3) is 0 Å². The topological polar surface area (TPSA) is 55.4 Å². The molecule has 4 nitrogen and oxygen atoms in total. The van der Waals surface area contributed by atoms with E-state index in [0.717, 1.165) is 0 Å². The molecule has 0 rings (SSSR count). The Morgan fingerprint density at radius 1 is 1.46 bits per heavy atom. The van der Waals surface area contributed by atoms with Crippen molar-refractivity contribution < 1.29 is 21.9 Å². The molecule has 1 N–H and O–H groups in total. The van der Waals surface area contributed by atoms with Gasteiger partial charge in [-0.15, -0.1) is 0 Å². The highest BCUT2D eigenvalue weighted by Gasteiger charge is 2.05. The molecule has 0 saturated heterocycles. The second-order valence-corrected chi connectivity index (χ2v) is 4.36. The van der Waals surface area contributed by atoms with E-state index in [0.29, 0.717) is 0 Å². The summed E-state index contributed by atoms with van der Waals surface area (Å²) < 4.78 is 51.2. The lowest BCUT2D eigenvalue weighted by atomic mass is 10.7. The number of sulfonamides is 1. The van der Waals surface area contributed by atoms with E-state index in [9.17, 15) is 17.2 Å². The number of alkyl halides is 2. The standard InChI is InChI=1S/C6H13F2NO3S/c1-2-13(10,11)9-3-4-12-5-6(7)8/h6,9H,2-5H2,1H3. The zero-order valence-corrected chi connectivity index (χ0v) is 8.11. The third-order valence-corrected chi connectivity index (χ3v) is 2.60. The lowest BCUT2D eigenvalue weighted by Gasteiger charge is -2.04. The van der Waals surface area contributed by atoms with Crippen molar-refractivity contribution in [3.63, 3.8) is 0 Å². The predicted octanol–water partition coefficient (Wildman–Crippen LogP) is 0.207. The van der Waals surface area contributed by atoms with Crippen LogP contribution in [0.15, 0.2) is 0 Å². The molecule has 0 aliphatic rings. The quantitative estimate of drug-likeness (QED) is 0.620. The maximum atomic E-state index is 11.5. The van der Waals surface area contributed by atoms with Crippen molar-refractivity contribution in [2.45, 2.75) is 13.3 Å². The summed E-state index contributed by atoms with van der Waals surface area (Å²) in [5.41, 5.74) is 0. The van der Waals surface area contributed by atoms with E-state index in [1.807, 2.05) is 0 Å². The van der Waals surface area contributed by atoms with Crippen LogP contribution >= 0.6 is 0 Å². The fourth-order valence-electron chi connectivity index (χ4n) is 0.544. The van der Waals surface area contributed by atoms with E-state index >= 15 is 0 Å². The highest BCUT2D eigenvalue weighted by molar-refractivity contribution is 7.89. The Bertz CT molecular complexity index is 218. The second-order valence-electron chi connectivity index (χ2n) is 2.26. The molecule has 0 aliphatic carbocycles. The van der Waals surface area contributed by atoms with Crippen molar-refractivity contribution in [3.8, 4) is 0 Å². The number of hydrogen-bond acceptors (Lipinski definition) is 3. The van der Waals surface area contributed by atoms with Crippen molar-refractivity contribution in [2.24, 2.45) is 0 Å². The number of ether oxygens (including phenoxy) is 1. The maximum absolute atomic E-state index is 11.5. The summed E-state index contributed by atoms with van der Waals surface area (Å²) in [6.45, 7) is 0.822. The average Bonchev–Trinajstić information content (AvgIpc) is 2.03. The predicted molar refractivity (Wildman–Crippen MR) is 44.3 cm³/mol. The van der Waals surface area contributed by atoms with Crippen LogP contribution in [0.5, 0.6) is 0 Å². The molecular weight excluding hydrogens is 204 g/mol. The minimum Gasteiger partial charge on any atom is -0.374 e. The van der Waals surface area contributed by atoms with Crippen LogP contribution in [-0.4, -0.2) is 40.4 Å². The molecule has 0 unspecified atom stereocenters. The molecule has 0 bridgehead atoms. The van der Waals surface area contributed by atoms with Crippen LogP contribution in [0.2, 0.25) is 0 Å². The van der Waals surface area contributed by atoms with Gasteiger partial charge >= 0.3 is 0 Å². The second kappa shape index (κ2) is 6.22. The summed E-state index contributed by atoms with van der Waals surface area (Å²) in [6, 6.07) is 0. The first-order valence-corrected chi connectivity index (χ1v) is 5.46. The van der Waals surface area contributed by atoms with E-state index in [4.69, 9.17) is 0 Å². The lowest BCUT2D eigenvalue weighted by Crippen LogP contribution is -2.29. The Kier molecular flexibility index (Phi) is 6.10. The van der Waals surface area contributed by atoms with Crippen molar-refractivity contribution in [3.05, 3.63) is 0 Å². The molecule has 0 spiro atoms. The first-order valence-electron chi connectivity index (χ1n) is 3.81. The summed E-state index contributed by atoms with van der Waals surface area (Å²) in [4.78, 5) is 0. The molecule has 0 aromatic carbocycles. The molecule has 0 aliphatic heterocycles. The normalized spacial score (nSPS) is 12.3. The molecule has 80 valence electrons. The Morgan fingerprint density at radius 3 is 2.54 bits per heavy atom. The van der Waals surface area contributed by atoms with E-state index in [-0.39, 0.29) is 18.9 Å². The van der Waals surface area contributed by atoms with Gasteiger partial charge in [0.1, 0.15) is 6.61 Å². The number of hydrogen-bond donors (Lipinski definition) is 1. The Hall–Kier alpha value is -0.270. The lowest BCUT2D eigenvalue weighted by molar-refractivity contribution is 0.0199. The molecule has 0 aromatic heterocycles. The van der Waals surface area contributed by atoms with E-state index in [2.05, 4.69) is 9.46 Å². The molecule has 0 fully saturated rings. The minimum atomic E-state index is -3.24. The summed E-state index contributed by atoms with van der Waals surface area (Å²) in [5, 5.41) is 0. The first-order chi connectivity index (χ1) is 5.98. The first kappa shape index (κ1) is 12.7. The van der Waals surface area contributed by atoms with Gasteiger partial charge in [-0.2, -0.15) is 0 Å². The van der Waals surface area contributed by atoms with Crippen LogP contribution in [-0.2, 0) is 14.8 Å². The molecule has 0 heterocycles. The fraction of sp³-hybridized carbons (Fsp3) is 1.00. The third kappa shape index (κ3) is 8.07. The Balaban J connectivity index is 3.37. The zero-order valence-electron chi connectivity index (χ0n) is 7.29. The van der Waals surface area contributed by atoms with Crippen molar-refractivity contribution in [1.82, 2.24) is 4.72 Å². The van der Waals surface area contributed by atoms with Crippen LogP contribution in [0.3, 0.4) is 0 Å². The fourth-order valence-corrected chi connectivity index (χ4v) is 1.14. The van der Waals surface area contributed by atoms with Crippen molar-refractivity contribution >= 4 is 10.0 Å². The number of rotatable bonds is 7. The zero-order chi connectivity index (χ0) is 10.3. The van der Waals surface area contributed by atoms with Crippen LogP contribution < -0.4 is 4.72 Å². The molecule has 7 heteroatoms. The van der Waals surface area contributed by atoms with Crippen molar-refractivity contribution in [2.75, 3.05) is 25.5 Å². The number of halogens is 2. The molecule has 0 saturated carbocycles. The minimum absolute atomic E-state index is 0.0259. The van der Waals surface area contributed by atoms with Gasteiger partial charge < -0.3 is 4.74 Å². The van der Waals surface area contributed by atoms with E-state index in [1.54, 1.807) is 0 Å². The smallest absolute Gasteiger partial charge is 0.261 e. The molecule has 0 amide bonds. The molecule has 0 aromatic rings. The largest absolute Gasteiger partial charge is 0.374 e. The molecule has 0 radical (unpaired) electrons. The third-order valence-electron chi connectivity index (χ3n) is 1.19. The highest BCUT2D eigenvalue weighted by Crippen LogP contribution is 1.91. The molecule has 13 heavy (non-hydrogen) atoms. The van der Waals surface area contributed by atoms with Gasteiger partial charge in [-0.25, -0.2) is 21.9 Å². The van der Waals surface area contributed by atoms with Crippen LogP contribution in [0.4, 0.5) is 8.78 Å². The van der Waals surface area contributed by atoms with Crippen LogP contribution in [0.1, 0.15) is 6.92 Å². The molecule has 0 atom stereocenters. The van der Waals surface area contributed by atoms with Gasteiger partial charge in [0.05, 0.1) is 12.4 Å². The summed E-state index contributed by atoms with van der Waals surface area (Å²) in [6.07, 6.45) is -2.51. The Morgan fingerprint density at radius 2 is 2.08 bits per heavy atom. The summed E-state index contributed by atoms with van der Waals surface area (Å²) >= 11 is 0. The van der Waals surface area contributed by atoms with Crippen molar-refractivity contribution in [1.29, 1.82) is 0 Å². The van der Waals surface area contributed by atoms with E-state index < -0.39 is 23.1 Å². The number of nitrogens with one attached hydrogen (secondary N) is 1. The van der Waals surface area contributed by atoms with E-state index in [1.165, 1.54) is 6.92 Å². The maximum Gasteiger partial charge on any atom is 0.261 e. The monoisotopic (exact) mass is 217 g/mol. The highest BCUT2D eigenvalue weighted by atomic mass is 32.2. The van der Waals surface area contributed by atoms with Gasteiger partial charge in [-0.1, -0.05) is 0 Å². The van der Waals surface area contributed by atoms with Gasteiger partial charge in [-0.05, 0) is 6.92 Å². The summed E-state index contributed by atoms with van der Waals surface area (Å²) in [7, 11) is -3.24. The SMILES string of the molecule is CCS(=O)(=O)NCCOCC(F)F.